The highest BCUT2D eigenvalue weighted by Gasteiger charge is 2.23. The Hall–Kier alpha value is -0.570. The van der Waals surface area contributed by atoms with Crippen molar-refractivity contribution in [1.29, 1.82) is 0 Å². The van der Waals surface area contributed by atoms with Crippen LogP contribution in [0.15, 0.2) is 0 Å². The lowest BCUT2D eigenvalue weighted by Crippen LogP contribution is -2.23. The van der Waals surface area contributed by atoms with Crippen molar-refractivity contribution in [1.82, 2.24) is 0 Å². The van der Waals surface area contributed by atoms with Gasteiger partial charge in [-0.1, -0.05) is 19.8 Å². The third-order valence-corrected chi connectivity index (χ3v) is 2.86. The molecule has 0 spiro atoms. The molecule has 3 nitrogen and oxygen atoms in total. The van der Waals surface area contributed by atoms with Gasteiger partial charge in [-0.2, -0.15) is 0 Å². The van der Waals surface area contributed by atoms with Crippen LogP contribution in [0.5, 0.6) is 0 Å². The topological polar surface area (TPSA) is 57.5 Å². The van der Waals surface area contributed by atoms with Crippen LogP contribution in [0.4, 0.5) is 0 Å². The molecular weight excluding hydrogens is 168 g/mol. The van der Waals surface area contributed by atoms with Crippen molar-refractivity contribution in [2.45, 2.75) is 45.1 Å². The van der Waals surface area contributed by atoms with E-state index in [1.54, 1.807) is 6.92 Å². The molecule has 0 aromatic carbocycles. The second-order valence-electron chi connectivity index (χ2n) is 4.16. The van der Waals surface area contributed by atoms with Gasteiger partial charge in [0.2, 0.25) is 0 Å². The summed E-state index contributed by atoms with van der Waals surface area (Å²) in [5.74, 6) is -0.579. The molecule has 0 heterocycles. The number of aliphatic hydroxyl groups is 1. The van der Waals surface area contributed by atoms with Gasteiger partial charge in [0.05, 0.1) is 12.0 Å². The van der Waals surface area contributed by atoms with Gasteiger partial charge in [0, 0.05) is 0 Å². The first-order valence-corrected chi connectivity index (χ1v) is 5.00. The van der Waals surface area contributed by atoms with Gasteiger partial charge < -0.3 is 10.2 Å². The molecule has 0 aliphatic heterocycles. The zero-order valence-corrected chi connectivity index (χ0v) is 8.07. The number of aliphatic carboxylic acids is 1. The summed E-state index contributed by atoms with van der Waals surface area (Å²) < 4.78 is 0. The Labute approximate surface area is 78.8 Å². The van der Waals surface area contributed by atoms with E-state index in [2.05, 4.69) is 0 Å². The lowest BCUT2D eigenvalue weighted by molar-refractivity contribution is -0.141. The first-order valence-electron chi connectivity index (χ1n) is 5.00. The molecule has 1 fully saturated rings. The Kier molecular flexibility index (Phi) is 3.72. The standard InChI is InChI=1S/C10H18O3/c1-7(10(12)13)5-8-3-2-4-9(11)6-8/h7-9,11H,2-6H2,1H3,(H,12,13). The van der Waals surface area contributed by atoms with Gasteiger partial charge in [0.25, 0.3) is 0 Å². The lowest BCUT2D eigenvalue weighted by Gasteiger charge is -2.26. The first-order chi connectivity index (χ1) is 6.09. The summed E-state index contributed by atoms with van der Waals surface area (Å²) in [5.41, 5.74) is 0. The maximum atomic E-state index is 10.6. The molecule has 76 valence electrons. The molecule has 1 aliphatic rings. The maximum Gasteiger partial charge on any atom is 0.306 e. The van der Waals surface area contributed by atoms with Crippen molar-refractivity contribution in [3.63, 3.8) is 0 Å². The van der Waals surface area contributed by atoms with Gasteiger partial charge in [0.1, 0.15) is 0 Å². The molecule has 3 heteroatoms. The molecule has 1 aliphatic carbocycles. The van der Waals surface area contributed by atoms with E-state index in [1.807, 2.05) is 0 Å². The van der Waals surface area contributed by atoms with Crippen molar-refractivity contribution in [2.24, 2.45) is 11.8 Å². The molecule has 0 saturated heterocycles. The van der Waals surface area contributed by atoms with Gasteiger partial charge in [-0.25, -0.2) is 0 Å². The van der Waals surface area contributed by atoms with Gasteiger partial charge in [-0.05, 0) is 25.2 Å². The maximum absolute atomic E-state index is 10.6. The number of hydrogen-bond donors (Lipinski definition) is 2. The van der Waals surface area contributed by atoms with E-state index in [-0.39, 0.29) is 12.0 Å². The molecule has 0 bridgehead atoms. The molecule has 2 N–H and O–H groups in total. The summed E-state index contributed by atoms with van der Waals surface area (Å²) in [6.45, 7) is 1.74. The van der Waals surface area contributed by atoms with Crippen molar-refractivity contribution in [3.05, 3.63) is 0 Å². The molecule has 3 unspecified atom stereocenters. The molecule has 13 heavy (non-hydrogen) atoms. The summed E-state index contributed by atoms with van der Waals surface area (Å²) in [4.78, 5) is 10.6. The van der Waals surface area contributed by atoms with E-state index in [1.165, 1.54) is 0 Å². The van der Waals surface area contributed by atoms with Crippen LogP contribution in [-0.2, 0) is 4.79 Å². The molecule has 0 amide bonds. The minimum absolute atomic E-state index is 0.195. The Balaban J connectivity index is 2.31. The van der Waals surface area contributed by atoms with Crippen LogP contribution in [0.1, 0.15) is 39.0 Å². The Morgan fingerprint density at radius 3 is 2.77 bits per heavy atom. The molecule has 3 atom stereocenters. The van der Waals surface area contributed by atoms with Gasteiger partial charge in [-0.15, -0.1) is 0 Å². The number of carboxylic acid groups (broad SMARTS) is 1. The zero-order chi connectivity index (χ0) is 9.84. The van der Waals surface area contributed by atoms with Crippen LogP contribution < -0.4 is 0 Å². The molecule has 0 aromatic rings. The van der Waals surface area contributed by atoms with E-state index in [9.17, 15) is 9.90 Å². The fraction of sp³-hybridized carbons (Fsp3) is 0.900. The number of rotatable bonds is 3. The van der Waals surface area contributed by atoms with Crippen molar-refractivity contribution >= 4 is 5.97 Å². The van der Waals surface area contributed by atoms with Crippen LogP contribution in [0.3, 0.4) is 0 Å². The zero-order valence-electron chi connectivity index (χ0n) is 8.07. The highest BCUT2D eigenvalue weighted by Crippen LogP contribution is 2.29. The highest BCUT2D eigenvalue weighted by atomic mass is 16.4. The normalized spacial score (nSPS) is 31.2. The predicted molar refractivity (Wildman–Crippen MR) is 49.4 cm³/mol. The summed E-state index contributed by atoms with van der Waals surface area (Å²) in [5, 5.41) is 18.1. The second kappa shape index (κ2) is 4.61. The van der Waals surface area contributed by atoms with Gasteiger partial charge in [-0.3, -0.25) is 4.79 Å². The summed E-state index contributed by atoms with van der Waals surface area (Å²) >= 11 is 0. The van der Waals surface area contributed by atoms with E-state index in [0.29, 0.717) is 12.3 Å². The first kappa shape index (κ1) is 10.5. The number of aliphatic hydroxyl groups excluding tert-OH is 1. The fourth-order valence-electron chi connectivity index (χ4n) is 2.08. The Bertz CT molecular complexity index is 179. The monoisotopic (exact) mass is 186 g/mol. The van der Waals surface area contributed by atoms with Crippen molar-refractivity contribution < 1.29 is 15.0 Å². The van der Waals surface area contributed by atoms with E-state index in [0.717, 1.165) is 25.7 Å². The number of carboxylic acids is 1. The van der Waals surface area contributed by atoms with Crippen LogP contribution in [-0.4, -0.2) is 22.3 Å². The molecule has 1 saturated carbocycles. The number of carbonyl (C=O) groups is 1. The summed E-state index contributed by atoms with van der Waals surface area (Å²) in [6.07, 6.45) is 4.31. The molecular formula is C10H18O3. The van der Waals surface area contributed by atoms with E-state index < -0.39 is 5.97 Å². The van der Waals surface area contributed by atoms with E-state index >= 15 is 0 Å². The molecule has 0 aromatic heterocycles. The Morgan fingerprint density at radius 1 is 1.54 bits per heavy atom. The van der Waals surface area contributed by atoms with E-state index in [4.69, 9.17) is 5.11 Å². The average molecular weight is 186 g/mol. The van der Waals surface area contributed by atoms with Crippen molar-refractivity contribution in [3.8, 4) is 0 Å². The lowest BCUT2D eigenvalue weighted by atomic mass is 9.82. The van der Waals surface area contributed by atoms with Crippen LogP contribution >= 0.6 is 0 Å². The van der Waals surface area contributed by atoms with Gasteiger partial charge in [0.15, 0.2) is 0 Å². The van der Waals surface area contributed by atoms with Crippen LogP contribution in [0.25, 0.3) is 0 Å². The summed E-state index contributed by atoms with van der Waals surface area (Å²) in [7, 11) is 0. The molecule has 0 radical (unpaired) electrons. The molecule has 1 rings (SSSR count). The SMILES string of the molecule is CC(CC1CCCC(O)C1)C(=O)O. The minimum atomic E-state index is -0.722. The fourth-order valence-corrected chi connectivity index (χ4v) is 2.08. The second-order valence-corrected chi connectivity index (χ2v) is 4.16. The average Bonchev–Trinajstić information content (AvgIpc) is 2.04. The summed E-state index contributed by atoms with van der Waals surface area (Å²) in [6, 6.07) is 0. The van der Waals surface area contributed by atoms with Crippen LogP contribution in [0, 0.1) is 11.8 Å². The third kappa shape index (κ3) is 3.35. The van der Waals surface area contributed by atoms with Crippen molar-refractivity contribution in [2.75, 3.05) is 0 Å². The smallest absolute Gasteiger partial charge is 0.306 e. The third-order valence-electron chi connectivity index (χ3n) is 2.86. The van der Waals surface area contributed by atoms with Gasteiger partial charge >= 0.3 is 5.97 Å². The highest BCUT2D eigenvalue weighted by molar-refractivity contribution is 5.69. The Morgan fingerprint density at radius 2 is 2.23 bits per heavy atom. The quantitative estimate of drug-likeness (QED) is 0.704. The predicted octanol–water partition coefficient (Wildman–Crippen LogP) is 1.65. The number of hydrogen-bond acceptors (Lipinski definition) is 2. The van der Waals surface area contributed by atoms with Crippen LogP contribution in [0.2, 0.25) is 0 Å². The largest absolute Gasteiger partial charge is 0.481 e. The minimum Gasteiger partial charge on any atom is -0.481 e.